The molecule has 1 aromatic heterocycles. The van der Waals surface area contributed by atoms with E-state index < -0.39 is 0 Å². The van der Waals surface area contributed by atoms with Gasteiger partial charge in [0.2, 0.25) is 5.91 Å². The first-order chi connectivity index (χ1) is 11.1. The summed E-state index contributed by atoms with van der Waals surface area (Å²) in [5.41, 5.74) is 1.23. The zero-order valence-electron chi connectivity index (χ0n) is 14.3. The van der Waals surface area contributed by atoms with Crippen molar-refractivity contribution < 1.29 is 9.21 Å². The van der Waals surface area contributed by atoms with Crippen LogP contribution in [0.2, 0.25) is 0 Å². The van der Waals surface area contributed by atoms with Gasteiger partial charge in [0.25, 0.3) is 0 Å². The molecular weight excluding hydrogens is 288 g/mol. The van der Waals surface area contributed by atoms with Crippen molar-refractivity contribution in [1.82, 2.24) is 9.80 Å². The molecule has 4 heteroatoms. The Bertz CT molecular complexity index is 607. The number of furan rings is 1. The molecule has 0 aliphatic carbocycles. The Morgan fingerprint density at radius 1 is 1.09 bits per heavy atom. The average Bonchev–Trinajstić information content (AvgIpc) is 2.93. The minimum atomic E-state index is 0.114. The van der Waals surface area contributed by atoms with E-state index in [1.165, 1.54) is 5.56 Å². The van der Waals surface area contributed by atoms with Crippen LogP contribution in [0.5, 0.6) is 0 Å². The van der Waals surface area contributed by atoms with Crippen LogP contribution in [0.15, 0.2) is 46.9 Å². The van der Waals surface area contributed by atoms with Gasteiger partial charge in [0, 0.05) is 13.6 Å². The maximum atomic E-state index is 12.5. The van der Waals surface area contributed by atoms with Gasteiger partial charge in [0.15, 0.2) is 0 Å². The van der Waals surface area contributed by atoms with E-state index in [2.05, 4.69) is 24.0 Å². The number of hydrogen-bond acceptors (Lipinski definition) is 3. The van der Waals surface area contributed by atoms with Crippen LogP contribution >= 0.6 is 0 Å². The molecule has 0 atom stereocenters. The third-order valence-corrected chi connectivity index (χ3v) is 3.76. The van der Waals surface area contributed by atoms with Crippen LogP contribution in [0.4, 0.5) is 0 Å². The number of amides is 1. The van der Waals surface area contributed by atoms with Crippen molar-refractivity contribution >= 4 is 5.91 Å². The predicted molar refractivity (Wildman–Crippen MR) is 91.9 cm³/mol. The molecule has 0 saturated carbocycles. The standard InChI is InChI=1S/C19H26N2O2/c1-4-12-21(13-17-8-6-5-7-9-17)15-19(22)20(3)14-18-11-10-16(2)23-18/h5-11H,4,12-15H2,1-3H3. The number of carbonyl (C=O) groups excluding carboxylic acids is 1. The summed E-state index contributed by atoms with van der Waals surface area (Å²) in [6.07, 6.45) is 1.03. The van der Waals surface area contributed by atoms with Crippen molar-refractivity contribution in [3.63, 3.8) is 0 Å². The number of nitrogens with zero attached hydrogens (tertiary/aromatic N) is 2. The first-order valence-electron chi connectivity index (χ1n) is 8.14. The van der Waals surface area contributed by atoms with Gasteiger partial charge in [-0.25, -0.2) is 0 Å². The van der Waals surface area contributed by atoms with Gasteiger partial charge in [0.05, 0.1) is 13.1 Å². The predicted octanol–water partition coefficient (Wildman–Crippen LogP) is 3.46. The molecule has 1 heterocycles. The molecule has 0 radical (unpaired) electrons. The molecule has 0 fully saturated rings. The van der Waals surface area contributed by atoms with E-state index in [-0.39, 0.29) is 5.91 Å². The van der Waals surface area contributed by atoms with E-state index in [1.807, 2.05) is 44.3 Å². The van der Waals surface area contributed by atoms with Crippen molar-refractivity contribution in [2.75, 3.05) is 20.1 Å². The normalized spacial score (nSPS) is 11.0. The highest BCUT2D eigenvalue weighted by molar-refractivity contribution is 5.77. The molecule has 0 spiro atoms. The van der Waals surface area contributed by atoms with Gasteiger partial charge in [-0.15, -0.1) is 0 Å². The highest BCUT2D eigenvalue weighted by Crippen LogP contribution is 2.10. The molecule has 0 saturated heterocycles. The molecule has 23 heavy (non-hydrogen) atoms. The highest BCUT2D eigenvalue weighted by Gasteiger charge is 2.15. The molecule has 0 aliphatic rings. The number of benzene rings is 1. The highest BCUT2D eigenvalue weighted by atomic mass is 16.3. The van der Waals surface area contributed by atoms with E-state index in [0.29, 0.717) is 13.1 Å². The van der Waals surface area contributed by atoms with Gasteiger partial charge < -0.3 is 9.32 Å². The maximum Gasteiger partial charge on any atom is 0.236 e. The quantitative estimate of drug-likeness (QED) is 0.749. The Morgan fingerprint density at radius 3 is 2.43 bits per heavy atom. The minimum absolute atomic E-state index is 0.114. The van der Waals surface area contributed by atoms with Gasteiger partial charge in [0.1, 0.15) is 11.5 Å². The lowest BCUT2D eigenvalue weighted by Crippen LogP contribution is -2.38. The second-order valence-electron chi connectivity index (χ2n) is 5.96. The number of likely N-dealkylation sites (N-methyl/N-ethyl adjacent to an activating group) is 1. The Morgan fingerprint density at radius 2 is 1.83 bits per heavy atom. The molecule has 0 unspecified atom stereocenters. The lowest BCUT2D eigenvalue weighted by atomic mass is 10.2. The number of aryl methyl sites for hydroxylation is 1. The fraction of sp³-hybridized carbons (Fsp3) is 0.421. The first-order valence-corrected chi connectivity index (χ1v) is 8.14. The van der Waals surface area contributed by atoms with Crippen LogP contribution in [0.25, 0.3) is 0 Å². The summed E-state index contributed by atoms with van der Waals surface area (Å²) in [5, 5.41) is 0. The average molecular weight is 314 g/mol. The van der Waals surface area contributed by atoms with E-state index in [1.54, 1.807) is 4.90 Å². The molecule has 0 N–H and O–H groups in total. The van der Waals surface area contributed by atoms with E-state index in [0.717, 1.165) is 31.0 Å². The van der Waals surface area contributed by atoms with Crippen molar-refractivity contribution in [1.29, 1.82) is 0 Å². The van der Waals surface area contributed by atoms with Gasteiger partial charge in [-0.3, -0.25) is 9.69 Å². The number of rotatable bonds is 8. The molecule has 4 nitrogen and oxygen atoms in total. The fourth-order valence-electron chi connectivity index (χ4n) is 2.58. The molecular formula is C19H26N2O2. The second-order valence-corrected chi connectivity index (χ2v) is 5.96. The Labute approximate surface area is 138 Å². The first kappa shape index (κ1) is 17.3. The fourth-order valence-corrected chi connectivity index (χ4v) is 2.58. The summed E-state index contributed by atoms with van der Waals surface area (Å²) in [5.74, 6) is 1.81. The number of carbonyl (C=O) groups is 1. The molecule has 124 valence electrons. The largest absolute Gasteiger partial charge is 0.464 e. The summed E-state index contributed by atoms with van der Waals surface area (Å²) < 4.78 is 5.54. The molecule has 1 amide bonds. The van der Waals surface area contributed by atoms with Crippen LogP contribution in [-0.2, 0) is 17.9 Å². The lowest BCUT2D eigenvalue weighted by molar-refractivity contribution is -0.132. The zero-order valence-corrected chi connectivity index (χ0v) is 14.3. The van der Waals surface area contributed by atoms with E-state index >= 15 is 0 Å². The van der Waals surface area contributed by atoms with Crippen LogP contribution in [0.3, 0.4) is 0 Å². The summed E-state index contributed by atoms with van der Waals surface area (Å²) in [4.78, 5) is 16.4. The monoisotopic (exact) mass is 314 g/mol. The minimum Gasteiger partial charge on any atom is -0.464 e. The Kier molecular flexibility index (Phi) is 6.41. The number of hydrogen-bond donors (Lipinski definition) is 0. The van der Waals surface area contributed by atoms with Crippen molar-refractivity contribution in [3.8, 4) is 0 Å². The van der Waals surface area contributed by atoms with Crippen molar-refractivity contribution in [2.24, 2.45) is 0 Å². The zero-order chi connectivity index (χ0) is 16.7. The van der Waals surface area contributed by atoms with Gasteiger partial charge in [-0.05, 0) is 37.6 Å². The molecule has 1 aromatic carbocycles. The van der Waals surface area contributed by atoms with Gasteiger partial charge in [-0.1, -0.05) is 37.3 Å². The summed E-state index contributed by atoms with van der Waals surface area (Å²) in [6.45, 7) is 6.70. The summed E-state index contributed by atoms with van der Waals surface area (Å²) in [6, 6.07) is 14.1. The Hall–Kier alpha value is -2.07. The molecule has 0 aliphatic heterocycles. The summed E-state index contributed by atoms with van der Waals surface area (Å²) >= 11 is 0. The van der Waals surface area contributed by atoms with Crippen molar-refractivity contribution in [2.45, 2.75) is 33.4 Å². The molecule has 2 aromatic rings. The molecule has 2 rings (SSSR count). The topological polar surface area (TPSA) is 36.7 Å². The van der Waals surface area contributed by atoms with Crippen LogP contribution in [-0.4, -0.2) is 35.8 Å². The maximum absolute atomic E-state index is 12.5. The van der Waals surface area contributed by atoms with Gasteiger partial charge >= 0.3 is 0 Å². The second kappa shape index (κ2) is 8.53. The summed E-state index contributed by atoms with van der Waals surface area (Å²) in [7, 11) is 1.83. The van der Waals surface area contributed by atoms with Crippen LogP contribution in [0, 0.1) is 6.92 Å². The SMILES string of the molecule is CCCN(CC(=O)N(C)Cc1ccc(C)o1)Cc1ccccc1. The third kappa shape index (κ3) is 5.57. The Balaban J connectivity index is 1.91. The lowest BCUT2D eigenvalue weighted by Gasteiger charge is -2.24. The van der Waals surface area contributed by atoms with Crippen molar-refractivity contribution in [3.05, 3.63) is 59.5 Å². The van der Waals surface area contributed by atoms with Crippen LogP contribution < -0.4 is 0 Å². The molecule has 0 bridgehead atoms. The smallest absolute Gasteiger partial charge is 0.236 e. The van der Waals surface area contributed by atoms with Crippen LogP contribution in [0.1, 0.15) is 30.4 Å². The van der Waals surface area contributed by atoms with E-state index in [4.69, 9.17) is 4.42 Å². The van der Waals surface area contributed by atoms with Gasteiger partial charge in [-0.2, -0.15) is 0 Å². The third-order valence-electron chi connectivity index (χ3n) is 3.76. The van der Waals surface area contributed by atoms with E-state index in [9.17, 15) is 4.79 Å².